The number of hydrogen-bond donors (Lipinski definition) is 2. The number of nitrogens with one attached hydrogen (secondary N) is 1. The van der Waals surface area contributed by atoms with Crippen LogP contribution in [0.2, 0.25) is 5.15 Å². The minimum absolute atomic E-state index is 0.152. The fraction of sp³-hybridized carbons (Fsp3) is 0.0769. The molecular formula is C13H10ClF2N3O. The number of rotatable bonds is 2. The summed E-state index contributed by atoms with van der Waals surface area (Å²) in [5.74, 6) is -2.91. The molecule has 0 radical (unpaired) electrons. The second-order valence-corrected chi connectivity index (χ2v) is 4.46. The van der Waals surface area contributed by atoms with Crippen LogP contribution in [0, 0.1) is 18.6 Å². The third kappa shape index (κ3) is 2.85. The van der Waals surface area contributed by atoms with Crippen molar-refractivity contribution in [1.29, 1.82) is 0 Å². The molecule has 4 nitrogen and oxygen atoms in total. The van der Waals surface area contributed by atoms with E-state index in [-0.39, 0.29) is 16.4 Å². The summed E-state index contributed by atoms with van der Waals surface area (Å²) in [6.45, 7) is 1.65. The molecule has 7 heteroatoms. The Labute approximate surface area is 118 Å². The van der Waals surface area contributed by atoms with Crippen molar-refractivity contribution in [1.82, 2.24) is 4.98 Å². The van der Waals surface area contributed by atoms with Crippen LogP contribution in [-0.2, 0) is 0 Å². The molecule has 1 heterocycles. The Morgan fingerprint density at radius 3 is 2.60 bits per heavy atom. The molecule has 2 rings (SSSR count). The first-order valence-corrected chi connectivity index (χ1v) is 5.95. The number of hydrogen-bond acceptors (Lipinski definition) is 3. The molecule has 0 aliphatic heterocycles. The summed E-state index contributed by atoms with van der Waals surface area (Å²) in [5, 5.41) is 2.80. The summed E-state index contributed by atoms with van der Waals surface area (Å²) in [6, 6.07) is 4.56. The molecule has 0 aliphatic carbocycles. The molecule has 2 aromatic rings. The van der Waals surface area contributed by atoms with E-state index >= 15 is 0 Å². The number of carbonyl (C=O) groups excluding carboxylic acids is 1. The third-order valence-corrected chi connectivity index (χ3v) is 2.85. The van der Waals surface area contributed by atoms with Crippen molar-refractivity contribution < 1.29 is 13.6 Å². The Morgan fingerprint density at radius 1 is 1.30 bits per heavy atom. The minimum Gasteiger partial charge on any atom is -0.398 e. The van der Waals surface area contributed by atoms with Crippen molar-refractivity contribution in [2.24, 2.45) is 0 Å². The number of halogens is 3. The van der Waals surface area contributed by atoms with E-state index in [1.807, 2.05) is 0 Å². The first-order chi connectivity index (χ1) is 9.38. The van der Waals surface area contributed by atoms with Gasteiger partial charge in [-0.25, -0.2) is 13.8 Å². The van der Waals surface area contributed by atoms with Gasteiger partial charge in [0, 0.05) is 11.8 Å². The van der Waals surface area contributed by atoms with E-state index < -0.39 is 17.5 Å². The van der Waals surface area contributed by atoms with Gasteiger partial charge in [-0.3, -0.25) is 4.79 Å². The molecule has 104 valence electrons. The Kier molecular flexibility index (Phi) is 3.85. The molecule has 3 N–H and O–H groups in total. The van der Waals surface area contributed by atoms with Gasteiger partial charge in [0.05, 0.1) is 16.9 Å². The molecule has 0 spiro atoms. The van der Waals surface area contributed by atoms with E-state index in [4.69, 9.17) is 17.3 Å². The number of nitrogens with zero attached hydrogens (tertiary/aromatic N) is 1. The largest absolute Gasteiger partial charge is 0.398 e. The maximum atomic E-state index is 13.2. The predicted octanol–water partition coefficient (Wildman–Crippen LogP) is 3.16. The van der Waals surface area contributed by atoms with E-state index in [9.17, 15) is 13.6 Å². The monoisotopic (exact) mass is 297 g/mol. The van der Waals surface area contributed by atoms with Crippen molar-refractivity contribution in [2.45, 2.75) is 6.92 Å². The van der Waals surface area contributed by atoms with Crippen molar-refractivity contribution in [3.8, 4) is 0 Å². The van der Waals surface area contributed by atoms with Gasteiger partial charge in [-0.1, -0.05) is 11.6 Å². The normalized spacial score (nSPS) is 10.4. The average molecular weight is 298 g/mol. The molecule has 0 unspecified atom stereocenters. The van der Waals surface area contributed by atoms with E-state index in [0.29, 0.717) is 11.4 Å². The number of anilines is 2. The zero-order chi connectivity index (χ0) is 14.9. The lowest BCUT2D eigenvalue weighted by Crippen LogP contribution is -2.16. The molecule has 0 saturated heterocycles. The number of benzene rings is 1. The maximum Gasteiger partial charge on any atom is 0.257 e. The van der Waals surface area contributed by atoms with Crippen LogP contribution in [0.25, 0.3) is 0 Å². The van der Waals surface area contributed by atoms with Gasteiger partial charge in [-0.15, -0.1) is 0 Å². The summed E-state index contributed by atoms with van der Waals surface area (Å²) < 4.78 is 26.1. The van der Waals surface area contributed by atoms with E-state index in [2.05, 4.69) is 10.3 Å². The first kappa shape index (κ1) is 14.2. The molecule has 1 aromatic heterocycles. The lowest BCUT2D eigenvalue weighted by Gasteiger charge is -2.10. The Bertz CT molecular complexity index is 692. The van der Waals surface area contributed by atoms with Crippen LogP contribution < -0.4 is 11.1 Å². The minimum atomic E-state index is -1.14. The standard InChI is InChI=1S/C13H10ClF2N3O/c1-6-11(2-3-12(14)18-6)19-13(20)7-4-8(15)9(16)5-10(7)17/h2-5H,17H2,1H3,(H,19,20). The lowest BCUT2D eigenvalue weighted by molar-refractivity contribution is 0.102. The zero-order valence-electron chi connectivity index (χ0n) is 10.4. The topological polar surface area (TPSA) is 68.0 Å². The molecular weight excluding hydrogens is 288 g/mol. The summed E-state index contributed by atoms with van der Waals surface area (Å²) in [5.41, 5.74) is 6.10. The Hall–Kier alpha value is -2.21. The second kappa shape index (κ2) is 5.42. The number of nitrogens with two attached hydrogens (primary N) is 1. The van der Waals surface area contributed by atoms with Crippen LogP contribution in [0.4, 0.5) is 20.2 Å². The fourth-order valence-electron chi connectivity index (χ4n) is 1.61. The highest BCUT2D eigenvalue weighted by Gasteiger charge is 2.15. The van der Waals surface area contributed by atoms with Gasteiger partial charge < -0.3 is 11.1 Å². The maximum absolute atomic E-state index is 13.2. The van der Waals surface area contributed by atoms with E-state index in [1.54, 1.807) is 13.0 Å². The number of pyridine rings is 1. The average Bonchev–Trinajstić information content (AvgIpc) is 2.37. The Balaban J connectivity index is 2.31. The van der Waals surface area contributed by atoms with Crippen LogP contribution >= 0.6 is 11.6 Å². The number of aromatic nitrogens is 1. The van der Waals surface area contributed by atoms with Crippen LogP contribution in [0.1, 0.15) is 16.1 Å². The van der Waals surface area contributed by atoms with Gasteiger partial charge in [0.1, 0.15) is 5.15 Å². The van der Waals surface area contributed by atoms with Crippen molar-refractivity contribution in [3.05, 3.63) is 52.3 Å². The molecule has 1 aromatic carbocycles. The summed E-state index contributed by atoms with van der Waals surface area (Å²) >= 11 is 5.70. The quantitative estimate of drug-likeness (QED) is 0.661. The number of nitrogen functional groups attached to an aromatic ring is 1. The summed E-state index contributed by atoms with van der Waals surface area (Å²) in [6.07, 6.45) is 0. The first-order valence-electron chi connectivity index (χ1n) is 5.57. The van der Waals surface area contributed by atoms with Gasteiger partial charge in [-0.2, -0.15) is 0 Å². The van der Waals surface area contributed by atoms with Gasteiger partial charge in [0.2, 0.25) is 0 Å². The number of carbonyl (C=O) groups is 1. The van der Waals surface area contributed by atoms with Crippen LogP contribution in [-0.4, -0.2) is 10.9 Å². The molecule has 0 aliphatic rings. The highest BCUT2D eigenvalue weighted by atomic mass is 35.5. The molecule has 0 bridgehead atoms. The van der Waals surface area contributed by atoms with Crippen molar-refractivity contribution >= 4 is 28.9 Å². The zero-order valence-corrected chi connectivity index (χ0v) is 11.1. The van der Waals surface area contributed by atoms with Gasteiger partial charge in [0.25, 0.3) is 5.91 Å². The van der Waals surface area contributed by atoms with Crippen LogP contribution in [0.3, 0.4) is 0 Å². The Morgan fingerprint density at radius 2 is 1.95 bits per heavy atom. The van der Waals surface area contributed by atoms with Crippen molar-refractivity contribution in [2.75, 3.05) is 11.1 Å². The summed E-state index contributed by atoms with van der Waals surface area (Å²) in [7, 11) is 0. The number of amides is 1. The van der Waals surface area contributed by atoms with Crippen molar-refractivity contribution in [3.63, 3.8) is 0 Å². The lowest BCUT2D eigenvalue weighted by atomic mass is 10.1. The highest BCUT2D eigenvalue weighted by molar-refractivity contribution is 6.29. The fourth-order valence-corrected chi connectivity index (χ4v) is 1.80. The van der Waals surface area contributed by atoms with Gasteiger partial charge >= 0.3 is 0 Å². The molecule has 20 heavy (non-hydrogen) atoms. The molecule has 1 amide bonds. The highest BCUT2D eigenvalue weighted by Crippen LogP contribution is 2.20. The van der Waals surface area contributed by atoms with Gasteiger partial charge in [-0.05, 0) is 25.1 Å². The molecule has 0 saturated carbocycles. The second-order valence-electron chi connectivity index (χ2n) is 4.07. The summed E-state index contributed by atoms with van der Waals surface area (Å²) in [4.78, 5) is 16.0. The smallest absolute Gasteiger partial charge is 0.257 e. The predicted molar refractivity (Wildman–Crippen MR) is 72.7 cm³/mol. The van der Waals surface area contributed by atoms with E-state index in [0.717, 1.165) is 12.1 Å². The van der Waals surface area contributed by atoms with Crippen LogP contribution in [0.15, 0.2) is 24.3 Å². The number of aryl methyl sites for hydroxylation is 1. The van der Waals surface area contributed by atoms with Crippen LogP contribution in [0.5, 0.6) is 0 Å². The van der Waals surface area contributed by atoms with Gasteiger partial charge in [0.15, 0.2) is 11.6 Å². The molecule has 0 fully saturated rings. The SMILES string of the molecule is Cc1nc(Cl)ccc1NC(=O)c1cc(F)c(F)cc1N. The van der Waals surface area contributed by atoms with E-state index in [1.165, 1.54) is 6.07 Å². The molecule has 0 atom stereocenters. The third-order valence-electron chi connectivity index (χ3n) is 2.64.